The van der Waals surface area contributed by atoms with Gasteiger partial charge in [0, 0.05) is 31.9 Å². The zero-order valence-electron chi connectivity index (χ0n) is 20.1. The normalized spacial score (nSPS) is 25.2. The van der Waals surface area contributed by atoms with Crippen LogP contribution in [0.3, 0.4) is 0 Å². The van der Waals surface area contributed by atoms with E-state index in [-0.39, 0.29) is 6.09 Å². The third kappa shape index (κ3) is 4.18. The lowest BCUT2D eigenvalue weighted by atomic mass is 9.87. The third-order valence-electron chi connectivity index (χ3n) is 7.95. The molecule has 0 bridgehead atoms. The molecule has 2 aromatic rings. The molecule has 2 aliphatic carbocycles. The van der Waals surface area contributed by atoms with Gasteiger partial charge in [-0.05, 0) is 93.2 Å². The predicted molar refractivity (Wildman–Crippen MR) is 127 cm³/mol. The number of hydrogen-bond donors (Lipinski definition) is 0. The van der Waals surface area contributed by atoms with Crippen LogP contribution in [-0.2, 0) is 23.6 Å². The van der Waals surface area contributed by atoms with E-state index in [4.69, 9.17) is 4.74 Å². The van der Waals surface area contributed by atoms with Gasteiger partial charge in [-0.2, -0.15) is 5.10 Å². The minimum Gasteiger partial charge on any atom is -0.444 e. The molecule has 1 saturated heterocycles. The van der Waals surface area contributed by atoms with E-state index >= 15 is 0 Å². The van der Waals surface area contributed by atoms with E-state index in [1.807, 2.05) is 43.6 Å². The van der Waals surface area contributed by atoms with Crippen LogP contribution in [0.15, 0.2) is 30.6 Å². The molecular weight excluding hydrogens is 398 g/mol. The first-order chi connectivity index (χ1) is 15.2. The van der Waals surface area contributed by atoms with Gasteiger partial charge < -0.3 is 9.64 Å². The quantitative estimate of drug-likeness (QED) is 0.617. The molecular formula is C27H37N3O2. The number of ether oxygens (including phenoxy) is 1. The van der Waals surface area contributed by atoms with Crippen LogP contribution in [0.1, 0.15) is 70.4 Å². The van der Waals surface area contributed by atoms with Crippen molar-refractivity contribution in [2.45, 2.75) is 76.7 Å². The summed E-state index contributed by atoms with van der Waals surface area (Å²) in [5.41, 5.74) is 5.71. The fraction of sp³-hybridized carbons (Fsp3) is 0.630. The van der Waals surface area contributed by atoms with Crippen molar-refractivity contribution in [1.82, 2.24) is 14.7 Å². The highest BCUT2D eigenvalue weighted by Gasteiger charge is 2.57. The van der Waals surface area contributed by atoms with E-state index in [0.29, 0.717) is 5.41 Å². The van der Waals surface area contributed by atoms with E-state index in [1.165, 1.54) is 43.2 Å². The second-order valence-electron chi connectivity index (χ2n) is 11.3. The molecule has 5 heteroatoms. The van der Waals surface area contributed by atoms with E-state index in [2.05, 4.69) is 29.5 Å². The van der Waals surface area contributed by atoms with Gasteiger partial charge in [-0.15, -0.1) is 0 Å². The molecule has 2 heterocycles. The van der Waals surface area contributed by atoms with E-state index in [9.17, 15) is 4.79 Å². The van der Waals surface area contributed by atoms with Crippen LogP contribution in [0.5, 0.6) is 0 Å². The Morgan fingerprint density at radius 1 is 1.19 bits per heavy atom. The number of likely N-dealkylation sites (tertiary alicyclic amines) is 1. The van der Waals surface area contributed by atoms with Crippen molar-refractivity contribution in [3.63, 3.8) is 0 Å². The summed E-state index contributed by atoms with van der Waals surface area (Å²) < 4.78 is 7.42. The maximum absolute atomic E-state index is 12.3. The van der Waals surface area contributed by atoms with Crippen molar-refractivity contribution < 1.29 is 9.53 Å². The molecule has 1 saturated carbocycles. The molecule has 0 radical (unpaired) electrons. The number of fused-ring (bicyclic) bond motifs is 2. The van der Waals surface area contributed by atoms with Gasteiger partial charge in [0.15, 0.2) is 0 Å². The Balaban J connectivity index is 1.16. The van der Waals surface area contributed by atoms with Gasteiger partial charge in [-0.1, -0.05) is 24.6 Å². The van der Waals surface area contributed by atoms with Crippen molar-refractivity contribution >= 4 is 6.09 Å². The van der Waals surface area contributed by atoms with E-state index in [1.54, 1.807) is 11.1 Å². The second kappa shape index (κ2) is 7.93. The Morgan fingerprint density at radius 3 is 2.66 bits per heavy atom. The lowest BCUT2D eigenvalue weighted by Gasteiger charge is -2.33. The Hall–Kier alpha value is -2.30. The summed E-state index contributed by atoms with van der Waals surface area (Å²) in [6.07, 6.45) is 12.7. The molecule has 3 aliphatic rings. The topological polar surface area (TPSA) is 47.4 Å². The Kier molecular flexibility index (Phi) is 5.34. The number of aromatic nitrogens is 2. The van der Waals surface area contributed by atoms with Gasteiger partial charge in [0.2, 0.25) is 0 Å². The van der Waals surface area contributed by atoms with Crippen LogP contribution in [-0.4, -0.2) is 39.5 Å². The maximum atomic E-state index is 12.3. The summed E-state index contributed by atoms with van der Waals surface area (Å²) in [7, 11) is 1.98. The molecule has 1 amide bonds. The maximum Gasteiger partial charge on any atom is 0.410 e. The molecule has 1 aromatic heterocycles. The lowest BCUT2D eigenvalue weighted by Crippen LogP contribution is -2.41. The zero-order valence-corrected chi connectivity index (χ0v) is 20.1. The minimum absolute atomic E-state index is 0.149. The Labute approximate surface area is 192 Å². The largest absolute Gasteiger partial charge is 0.444 e. The SMILES string of the molecule is Cn1cc(-c2ccc3c(c2)C2(CC3)CC2CCC2CCN(C(=O)OC(C)(C)C)CC2)cn1. The van der Waals surface area contributed by atoms with Gasteiger partial charge >= 0.3 is 6.09 Å². The van der Waals surface area contributed by atoms with Crippen LogP contribution in [0.2, 0.25) is 0 Å². The Morgan fingerprint density at radius 2 is 1.97 bits per heavy atom. The van der Waals surface area contributed by atoms with Crippen LogP contribution in [0.4, 0.5) is 4.79 Å². The average molecular weight is 436 g/mol. The summed E-state index contributed by atoms with van der Waals surface area (Å²) in [5.74, 6) is 1.57. The summed E-state index contributed by atoms with van der Waals surface area (Å²) >= 11 is 0. The number of aryl methyl sites for hydroxylation is 2. The van der Waals surface area contributed by atoms with Gasteiger partial charge in [0.25, 0.3) is 0 Å². The first-order valence-electron chi connectivity index (χ1n) is 12.3. The summed E-state index contributed by atoms with van der Waals surface area (Å²) in [6, 6.07) is 7.08. The highest BCUT2D eigenvalue weighted by atomic mass is 16.6. The number of carbonyl (C=O) groups excluding carboxylic acids is 1. The number of benzene rings is 1. The Bertz CT molecular complexity index is 997. The zero-order chi connectivity index (χ0) is 22.5. The summed E-state index contributed by atoms with van der Waals surface area (Å²) in [4.78, 5) is 14.2. The van der Waals surface area contributed by atoms with E-state index < -0.39 is 5.60 Å². The van der Waals surface area contributed by atoms with Crippen LogP contribution in [0, 0.1) is 11.8 Å². The van der Waals surface area contributed by atoms with Gasteiger partial charge in [-0.3, -0.25) is 4.68 Å². The van der Waals surface area contributed by atoms with E-state index in [0.717, 1.165) is 37.8 Å². The molecule has 1 aliphatic heterocycles. The molecule has 5 nitrogen and oxygen atoms in total. The van der Waals surface area contributed by atoms with Gasteiger partial charge in [0.05, 0.1) is 6.20 Å². The molecule has 172 valence electrons. The van der Waals surface area contributed by atoms with Crippen molar-refractivity contribution in [3.8, 4) is 11.1 Å². The predicted octanol–water partition coefficient (Wildman–Crippen LogP) is 5.72. The first kappa shape index (κ1) is 21.5. The summed E-state index contributed by atoms with van der Waals surface area (Å²) in [5, 5.41) is 4.35. The van der Waals surface area contributed by atoms with Gasteiger partial charge in [-0.25, -0.2) is 4.79 Å². The molecule has 1 spiro atoms. The molecule has 5 rings (SSSR count). The number of hydrogen-bond acceptors (Lipinski definition) is 3. The number of nitrogens with zero attached hydrogens (tertiary/aromatic N) is 3. The molecule has 1 aromatic carbocycles. The number of rotatable bonds is 4. The smallest absolute Gasteiger partial charge is 0.410 e. The second-order valence-corrected chi connectivity index (χ2v) is 11.3. The third-order valence-corrected chi connectivity index (χ3v) is 7.95. The highest BCUT2D eigenvalue weighted by molar-refractivity contribution is 5.68. The fourth-order valence-electron chi connectivity index (χ4n) is 6.06. The number of carbonyl (C=O) groups is 1. The first-order valence-corrected chi connectivity index (χ1v) is 12.3. The monoisotopic (exact) mass is 435 g/mol. The van der Waals surface area contributed by atoms with Crippen molar-refractivity contribution in [3.05, 3.63) is 41.7 Å². The number of amides is 1. The molecule has 2 atom stereocenters. The van der Waals surface area contributed by atoms with Crippen LogP contribution >= 0.6 is 0 Å². The lowest BCUT2D eigenvalue weighted by molar-refractivity contribution is 0.0180. The van der Waals surface area contributed by atoms with Crippen molar-refractivity contribution in [2.75, 3.05) is 13.1 Å². The summed E-state index contributed by atoms with van der Waals surface area (Å²) in [6.45, 7) is 7.48. The molecule has 2 unspecified atom stereocenters. The van der Waals surface area contributed by atoms with Gasteiger partial charge in [0.1, 0.15) is 5.60 Å². The van der Waals surface area contributed by atoms with Crippen LogP contribution < -0.4 is 0 Å². The number of piperidine rings is 1. The standard InChI is InChI=1S/C27H37N3O2/c1-26(2,3)32-25(31)30-13-10-19(11-14-30)5-8-23-16-27(23)12-9-20-6-7-21(15-24(20)27)22-17-28-29(4)18-22/h6-7,15,17-19,23H,5,8-14,16H2,1-4H3. The highest BCUT2D eigenvalue weighted by Crippen LogP contribution is 2.63. The molecule has 2 fully saturated rings. The van der Waals surface area contributed by atoms with Crippen molar-refractivity contribution in [2.24, 2.45) is 18.9 Å². The minimum atomic E-state index is -0.414. The average Bonchev–Trinajstić information content (AvgIpc) is 3.07. The van der Waals surface area contributed by atoms with Crippen molar-refractivity contribution in [1.29, 1.82) is 0 Å². The fourth-order valence-corrected chi connectivity index (χ4v) is 6.06. The molecule has 0 N–H and O–H groups in total. The van der Waals surface area contributed by atoms with Crippen LogP contribution in [0.25, 0.3) is 11.1 Å². The molecule has 32 heavy (non-hydrogen) atoms.